The lowest BCUT2D eigenvalue weighted by Gasteiger charge is -2.15. The van der Waals surface area contributed by atoms with Crippen molar-refractivity contribution in [1.29, 1.82) is 0 Å². The number of nitrogens with one attached hydrogen (secondary N) is 2. The summed E-state index contributed by atoms with van der Waals surface area (Å²) in [6, 6.07) is 11.7. The molecule has 7 heteroatoms. The van der Waals surface area contributed by atoms with Crippen LogP contribution in [-0.4, -0.2) is 24.8 Å². The van der Waals surface area contributed by atoms with E-state index < -0.39 is 18.4 Å². The van der Waals surface area contributed by atoms with Crippen molar-refractivity contribution in [2.24, 2.45) is 0 Å². The van der Waals surface area contributed by atoms with Crippen molar-refractivity contribution in [2.45, 2.75) is 32.2 Å². The monoisotopic (exact) mass is 374 g/mol. The van der Waals surface area contributed by atoms with Crippen molar-refractivity contribution in [2.75, 3.05) is 11.9 Å². The second-order valence-corrected chi connectivity index (χ2v) is 6.87. The van der Waals surface area contributed by atoms with Gasteiger partial charge < -0.3 is 15.4 Å². The van der Waals surface area contributed by atoms with Gasteiger partial charge in [0.25, 0.3) is 12.3 Å². The van der Waals surface area contributed by atoms with Crippen LogP contribution in [0.15, 0.2) is 42.5 Å². The molecule has 0 atom stereocenters. The summed E-state index contributed by atoms with van der Waals surface area (Å²) in [6.07, 6.45) is -2.54. The van der Waals surface area contributed by atoms with E-state index in [1.165, 1.54) is 0 Å². The summed E-state index contributed by atoms with van der Waals surface area (Å²) in [6.45, 7) is 3.16. The normalized spacial score (nSPS) is 14.6. The predicted octanol–water partition coefficient (Wildman–Crippen LogP) is 3.49. The van der Waals surface area contributed by atoms with Crippen LogP contribution < -0.4 is 15.4 Å². The molecular weight excluding hydrogens is 354 g/mol. The molecule has 27 heavy (non-hydrogen) atoms. The lowest BCUT2D eigenvalue weighted by atomic mass is 9.85. The molecule has 2 aromatic rings. The molecule has 0 saturated heterocycles. The smallest absolute Gasteiger partial charge is 0.272 e. The molecule has 0 radical (unpaired) electrons. The highest BCUT2D eigenvalue weighted by Crippen LogP contribution is 2.37. The summed E-state index contributed by atoms with van der Waals surface area (Å²) in [7, 11) is 0. The Morgan fingerprint density at radius 2 is 2.00 bits per heavy atom. The Balaban J connectivity index is 1.66. The number of anilines is 1. The number of rotatable bonds is 6. The largest absolute Gasteiger partial charge is 0.488 e. The van der Waals surface area contributed by atoms with E-state index in [-0.39, 0.29) is 18.4 Å². The topological polar surface area (TPSA) is 67.4 Å². The molecule has 0 bridgehead atoms. The van der Waals surface area contributed by atoms with Crippen molar-refractivity contribution >= 4 is 17.5 Å². The zero-order valence-electron chi connectivity index (χ0n) is 15.0. The summed E-state index contributed by atoms with van der Waals surface area (Å²) in [4.78, 5) is 24.5. The summed E-state index contributed by atoms with van der Waals surface area (Å²) < 4.78 is 29.4. The van der Waals surface area contributed by atoms with Gasteiger partial charge in [0.1, 0.15) is 12.4 Å². The Kier molecular flexibility index (Phi) is 5.12. The first-order valence-corrected chi connectivity index (χ1v) is 8.51. The molecule has 0 aliphatic carbocycles. The van der Waals surface area contributed by atoms with Gasteiger partial charge in [-0.15, -0.1) is 0 Å². The predicted molar refractivity (Wildman–Crippen MR) is 97.2 cm³/mol. The van der Waals surface area contributed by atoms with Crippen LogP contribution in [0.25, 0.3) is 0 Å². The van der Waals surface area contributed by atoms with Gasteiger partial charge in [-0.05, 0) is 55.3 Å². The minimum absolute atomic E-state index is 0.101. The highest BCUT2D eigenvalue weighted by molar-refractivity contribution is 6.07. The number of halogens is 2. The summed E-state index contributed by atoms with van der Waals surface area (Å²) >= 11 is 0. The molecule has 3 rings (SSSR count). The van der Waals surface area contributed by atoms with Crippen molar-refractivity contribution < 1.29 is 23.1 Å². The fourth-order valence-electron chi connectivity index (χ4n) is 2.90. The Labute approximate surface area is 155 Å². The third kappa shape index (κ3) is 4.07. The number of fused-ring (bicyclic) bond motifs is 1. The fourth-order valence-corrected chi connectivity index (χ4v) is 2.90. The van der Waals surface area contributed by atoms with Gasteiger partial charge in [-0.3, -0.25) is 9.59 Å². The van der Waals surface area contributed by atoms with Gasteiger partial charge in [-0.2, -0.15) is 0 Å². The van der Waals surface area contributed by atoms with Gasteiger partial charge in [0.05, 0.1) is 5.41 Å². The number of benzene rings is 2. The van der Waals surface area contributed by atoms with Crippen LogP contribution in [-0.2, 0) is 16.8 Å². The van der Waals surface area contributed by atoms with Crippen LogP contribution in [0.4, 0.5) is 14.5 Å². The number of carbonyl (C=O) groups is 2. The van der Waals surface area contributed by atoms with E-state index in [9.17, 15) is 18.4 Å². The highest BCUT2D eigenvalue weighted by Gasteiger charge is 2.38. The first-order chi connectivity index (χ1) is 12.8. The number of ether oxygens (including phenoxy) is 1. The van der Waals surface area contributed by atoms with E-state index in [1.54, 1.807) is 56.3 Å². The van der Waals surface area contributed by atoms with Crippen LogP contribution in [0.5, 0.6) is 5.75 Å². The van der Waals surface area contributed by atoms with E-state index in [0.717, 1.165) is 11.1 Å². The molecule has 0 fully saturated rings. The highest BCUT2D eigenvalue weighted by atomic mass is 19.3. The summed E-state index contributed by atoms with van der Waals surface area (Å²) in [5.41, 5.74) is 1.98. The maximum absolute atomic E-state index is 12.5. The number of hydrogen-bond donors (Lipinski definition) is 2. The van der Waals surface area contributed by atoms with Crippen molar-refractivity contribution in [1.82, 2.24) is 5.32 Å². The average Bonchev–Trinajstić information content (AvgIpc) is 2.87. The summed E-state index contributed by atoms with van der Waals surface area (Å²) in [5.74, 6) is -0.0616. The molecule has 2 amide bonds. The van der Waals surface area contributed by atoms with Gasteiger partial charge in [-0.25, -0.2) is 8.78 Å². The van der Waals surface area contributed by atoms with E-state index in [4.69, 9.17) is 4.74 Å². The maximum Gasteiger partial charge on any atom is 0.272 e. The Bertz CT molecular complexity index is 881. The zero-order chi connectivity index (χ0) is 19.6. The Hall–Kier alpha value is -2.96. The molecular formula is C20H20F2N2O3. The standard InChI is InChI=1S/C20H20F2N2O3/c1-20(2)15-9-13(6-7-16(15)24-19(20)26)18(25)23-10-12-4-3-5-14(8-12)27-11-17(21)22/h3-9,17H,10-11H2,1-2H3,(H,23,25)(H,24,26). The van der Waals surface area contributed by atoms with Gasteiger partial charge in [-0.1, -0.05) is 12.1 Å². The summed E-state index contributed by atoms with van der Waals surface area (Å²) in [5, 5.41) is 5.59. The average molecular weight is 374 g/mol. The molecule has 1 aliphatic heterocycles. The third-order valence-electron chi connectivity index (χ3n) is 4.50. The molecule has 2 aromatic carbocycles. The molecule has 1 heterocycles. The number of hydrogen-bond acceptors (Lipinski definition) is 3. The first kappa shape index (κ1) is 18.8. The molecule has 1 aliphatic rings. The molecule has 0 aromatic heterocycles. The van der Waals surface area contributed by atoms with Gasteiger partial charge in [0, 0.05) is 17.8 Å². The van der Waals surface area contributed by atoms with Crippen LogP contribution in [0.3, 0.4) is 0 Å². The third-order valence-corrected chi connectivity index (χ3v) is 4.50. The SMILES string of the molecule is CC1(C)C(=O)Nc2ccc(C(=O)NCc3cccc(OCC(F)F)c3)cc21. The van der Waals surface area contributed by atoms with Crippen molar-refractivity contribution in [3.63, 3.8) is 0 Å². The minimum Gasteiger partial charge on any atom is -0.488 e. The fraction of sp³-hybridized carbons (Fsp3) is 0.300. The lowest BCUT2D eigenvalue weighted by Crippen LogP contribution is -2.27. The van der Waals surface area contributed by atoms with Crippen molar-refractivity contribution in [3.8, 4) is 5.75 Å². The van der Waals surface area contributed by atoms with Gasteiger partial charge in [0.2, 0.25) is 5.91 Å². The Morgan fingerprint density at radius 3 is 2.74 bits per heavy atom. The van der Waals surface area contributed by atoms with E-state index in [0.29, 0.717) is 17.0 Å². The van der Waals surface area contributed by atoms with Crippen LogP contribution in [0, 0.1) is 0 Å². The lowest BCUT2D eigenvalue weighted by molar-refractivity contribution is -0.119. The molecule has 0 spiro atoms. The second-order valence-electron chi connectivity index (χ2n) is 6.87. The minimum atomic E-state index is -2.54. The molecule has 2 N–H and O–H groups in total. The number of amides is 2. The maximum atomic E-state index is 12.5. The van der Waals surface area contributed by atoms with Crippen LogP contribution >= 0.6 is 0 Å². The number of alkyl halides is 2. The van der Waals surface area contributed by atoms with Crippen molar-refractivity contribution in [3.05, 3.63) is 59.2 Å². The first-order valence-electron chi connectivity index (χ1n) is 8.51. The Morgan fingerprint density at radius 1 is 1.22 bits per heavy atom. The number of carbonyl (C=O) groups excluding carboxylic acids is 2. The van der Waals surface area contributed by atoms with Crippen LogP contribution in [0.1, 0.15) is 35.3 Å². The zero-order valence-corrected chi connectivity index (χ0v) is 15.0. The molecule has 5 nitrogen and oxygen atoms in total. The van der Waals surface area contributed by atoms with Gasteiger partial charge in [0.15, 0.2) is 0 Å². The molecule has 142 valence electrons. The molecule has 0 unspecified atom stereocenters. The molecule has 0 saturated carbocycles. The van der Waals surface area contributed by atoms with Crippen LogP contribution in [0.2, 0.25) is 0 Å². The van der Waals surface area contributed by atoms with E-state index in [2.05, 4.69) is 10.6 Å². The van der Waals surface area contributed by atoms with E-state index >= 15 is 0 Å². The second kappa shape index (κ2) is 7.34. The van der Waals surface area contributed by atoms with E-state index in [1.807, 2.05) is 0 Å². The van der Waals surface area contributed by atoms with Gasteiger partial charge >= 0.3 is 0 Å². The quantitative estimate of drug-likeness (QED) is 0.813.